The fourth-order valence-corrected chi connectivity index (χ4v) is 3.86. The zero-order chi connectivity index (χ0) is 20.2. The maximum absolute atomic E-state index is 12.5. The summed E-state index contributed by atoms with van der Waals surface area (Å²) < 4.78 is 8.05. The van der Waals surface area contributed by atoms with Crippen molar-refractivity contribution >= 4 is 5.91 Å². The summed E-state index contributed by atoms with van der Waals surface area (Å²) >= 11 is 0. The van der Waals surface area contributed by atoms with Crippen LogP contribution >= 0.6 is 0 Å². The van der Waals surface area contributed by atoms with Crippen molar-refractivity contribution in [3.05, 3.63) is 77.4 Å². The van der Waals surface area contributed by atoms with Crippen molar-refractivity contribution in [2.45, 2.75) is 52.2 Å². The van der Waals surface area contributed by atoms with E-state index in [0.717, 1.165) is 35.7 Å². The number of imidazole rings is 1. The van der Waals surface area contributed by atoms with Gasteiger partial charge in [-0.3, -0.25) is 4.79 Å². The second kappa shape index (κ2) is 8.52. The molecule has 0 bridgehead atoms. The third kappa shape index (κ3) is 4.34. The number of nitrogens with one attached hydrogen (secondary N) is 1. The van der Waals surface area contributed by atoms with Gasteiger partial charge in [0.25, 0.3) is 5.91 Å². The number of carbonyl (C=O) groups is 1. The molecule has 1 aromatic heterocycles. The molecule has 0 fully saturated rings. The van der Waals surface area contributed by atoms with E-state index in [9.17, 15) is 4.79 Å². The summed E-state index contributed by atoms with van der Waals surface area (Å²) in [7, 11) is 0. The van der Waals surface area contributed by atoms with Gasteiger partial charge in [0, 0.05) is 24.6 Å². The summed E-state index contributed by atoms with van der Waals surface area (Å²) in [5.41, 5.74) is 4.73. The van der Waals surface area contributed by atoms with E-state index in [2.05, 4.69) is 16.4 Å². The molecule has 5 nitrogen and oxygen atoms in total. The van der Waals surface area contributed by atoms with Gasteiger partial charge >= 0.3 is 0 Å². The van der Waals surface area contributed by atoms with Crippen LogP contribution in [0, 0.1) is 6.92 Å². The van der Waals surface area contributed by atoms with Crippen LogP contribution in [0.15, 0.2) is 54.9 Å². The van der Waals surface area contributed by atoms with Crippen molar-refractivity contribution in [2.75, 3.05) is 0 Å². The largest absolute Gasteiger partial charge is 0.481 e. The zero-order valence-electron chi connectivity index (χ0n) is 17.0. The molecular weight excluding hydrogens is 362 g/mol. The number of aromatic nitrogens is 2. The second-order valence-electron chi connectivity index (χ2n) is 7.59. The minimum atomic E-state index is -0.531. The molecule has 1 amide bonds. The molecular formula is C24H27N3O2. The lowest BCUT2D eigenvalue weighted by molar-refractivity contribution is -0.127. The summed E-state index contributed by atoms with van der Waals surface area (Å²) in [5.74, 6) is 1.69. The van der Waals surface area contributed by atoms with Gasteiger partial charge in [0.2, 0.25) is 0 Å². The summed E-state index contributed by atoms with van der Waals surface area (Å²) in [5, 5.41) is 2.98. The second-order valence-corrected chi connectivity index (χ2v) is 7.59. The number of ether oxygens (including phenoxy) is 1. The molecule has 1 aliphatic rings. The zero-order valence-corrected chi connectivity index (χ0v) is 17.0. The van der Waals surface area contributed by atoms with Crippen molar-refractivity contribution in [3.63, 3.8) is 0 Å². The number of rotatable bonds is 6. The van der Waals surface area contributed by atoms with Gasteiger partial charge in [0.15, 0.2) is 6.10 Å². The van der Waals surface area contributed by atoms with Crippen molar-refractivity contribution in [1.29, 1.82) is 0 Å². The van der Waals surface area contributed by atoms with Crippen LogP contribution in [-0.2, 0) is 24.2 Å². The maximum Gasteiger partial charge on any atom is 0.261 e. The molecule has 4 rings (SSSR count). The number of hydrogen-bond donors (Lipinski definition) is 1. The molecule has 2 aromatic carbocycles. The lowest BCUT2D eigenvalue weighted by atomic mass is 9.91. The van der Waals surface area contributed by atoms with Crippen molar-refractivity contribution in [1.82, 2.24) is 14.9 Å². The molecule has 1 aliphatic carbocycles. The molecule has 0 saturated heterocycles. The van der Waals surface area contributed by atoms with E-state index in [1.54, 1.807) is 6.20 Å². The average Bonchev–Trinajstić information content (AvgIpc) is 3.18. The fourth-order valence-electron chi connectivity index (χ4n) is 3.86. The van der Waals surface area contributed by atoms with E-state index >= 15 is 0 Å². The minimum Gasteiger partial charge on any atom is -0.481 e. The highest BCUT2D eigenvalue weighted by Gasteiger charge is 2.19. The number of fused-ring (bicyclic) bond motifs is 1. The molecule has 0 unspecified atom stereocenters. The van der Waals surface area contributed by atoms with Crippen molar-refractivity contribution in [3.8, 4) is 11.4 Å². The van der Waals surface area contributed by atoms with Gasteiger partial charge in [-0.1, -0.05) is 24.3 Å². The van der Waals surface area contributed by atoms with Gasteiger partial charge in [-0.15, -0.1) is 0 Å². The number of nitrogens with zero attached hydrogens (tertiary/aromatic N) is 2. The molecule has 1 atom stereocenters. The lowest BCUT2D eigenvalue weighted by Crippen LogP contribution is -2.36. The van der Waals surface area contributed by atoms with Gasteiger partial charge in [0.1, 0.15) is 11.6 Å². The van der Waals surface area contributed by atoms with E-state index in [4.69, 9.17) is 4.74 Å². The van der Waals surface area contributed by atoms with E-state index in [1.807, 2.05) is 61.0 Å². The van der Waals surface area contributed by atoms with Gasteiger partial charge < -0.3 is 14.6 Å². The van der Waals surface area contributed by atoms with Crippen LogP contribution in [0.4, 0.5) is 0 Å². The molecule has 5 heteroatoms. The molecule has 1 heterocycles. The van der Waals surface area contributed by atoms with Crippen molar-refractivity contribution in [2.24, 2.45) is 0 Å². The lowest BCUT2D eigenvalue weighted by Gasteiger charge is -2.22. The van der Waals surface area contributed by atoms with E-state index in [1.165, 1.54) is 24.0 Å². The van der Waals surface area contributed by atoms with Crippen LogP contribution in [0.1, 0.15) is 42.3 Å². The van der Waals surface area contributed by atoms with Crippen LogP contribution in [0.25, 0.3) is 5.69 Å². The Kier molecular flexibility index (Phi) is 5.65. The smallest absolute Gasteiger partial charge is 0.261 e. The van der Waals surface area contributed by atoms with Crippen LogP contribution in [0.2, 0.25) is 0 Å². The Morgan fingerprint density at radius 3 is 2.72 bits per heavy atom. The number of aryl methyl sites for hydroxylation is 2. The quantitative estimate of drug-likeness (QED) is 0.689. The Hall–Kier alpha value is -3.08. The molecule has 0 aliphatic heterocycles. The Morgan fingerprint density at radius 1 is 1.17 bits per heavy atom. The molecule has 3 aromatic rings. The summed E-state index contributed by atoms with van der Waals surface area (Å²) in [6.07, 6.45) is 7.73. The molecule has 0 spiro atoms. The average molecular weight is 389 g/mol. The van der Waals surface area contributed by atoms with Gasteiger partial charge in [-0.25, -0.2) is 4.98 Å². The minimum absolute atomic E-state index is 0.104. The van der Waals surface area contributed by atoms with Gasteiger partial charge in [0.05, 0.1) is 0 Å². The first kappa shape index (κ1) is 19.2. The SMILES string of the molecule is Cc1nccn1-c1ccc(CNC(=O)[C@@H](C)Oc2cccc3c2CCCC3)cc1. The molecule has 0 radical (unpaired) electrons. The Morgan fingerprint density at radius 2 is 1.97 bits per heavy atom. The fraction of sp³-hybridized carbons (Fsp3) is 0.333. The van der Waals surface area contributed by atoms with Crippen LogP contribution in [0.3, 0.4) is 0 Å². The van der Waals surface area contributed by atoms with Gasteiger partial charge in [-0.2, -0.15) is 0 Å². The number of carbonyl (C=O) groups excluding carboxylic acids is 1. The van der Waals surface area contributed by atoms with Gasteiger partial charge in [-0.05, 0) is 74.4 Å². The van der Waals surface area contributed by atoms with Crippen molar-refractivity contribution < 1.29 is 9.53 Å². The number of hydrogen-bond acceptors (Lipinski definition) is 3. The maximum atomic E-state index is 12.5. The summed E-state index contributed by atoms with van der Waals surface area (Å²) in [6.45, 7) is 4.25. The molecule has 1 N–H and O–H groups in total. The summed E-state index contributed by atoms with van der Waals surface area (Å²) in [6, 6.07) is 14.3. The standard InChI is InChI=1S/C24H27N3O2/c1-17(29-23-9-5-7-20-6-3-4-8-22(20)23)24(28)26-16-19-10-12-21(13-11-19)27-15-14-25-18(27)2/h5,7,9-15,17H,3-4,6,8,16H2,1-2H3,(H,26,28)/t17-/m1/s1. The number of benzene rings is 2. The molecule has 29 heavy (non-hydrogen) atoms. The van der Waals surface area contributed by atoms with E-state index < -0.39 is 6.10 Å². The predicted octanol–water partition coefficient (Wildman–Crippen LogP) is 4.14. The predicted molar refractivity (Wildman–Crippen MR) is 113 cm³/mol. The first-order valence-electron chi connectivity index (χ1n) is 10.3. The van der Waals surface area contributed by atoms with Crippen LogP contribution in [-0.4, -0.2) is 21.6 Å². The Labute approximate surface area is 171 Å². The van der Waals surface area contributed by atoms with Crippen LogP contribution < -0.4 is 10.1 Å². The highest BCUT2D eigenvalue weighted by Crippen LogP contribution is 2.30. The molecule has 0 saturated carbocycles. The molecule has 150 valence electrons. The van der Waals surface area contributed by atoms with Crippen LogP contribution in [0.5, 0.6) is 5.75 Å². The highest BCUT2D eigenvalue weighted by molar-refractivity contribution is 5.80. The highest BCUT2D eigenvalue weighted by atomic mass is 16.5. The topological polar surface area (TPSA) is 56.2 Å². The monoisotopic (exact) mass is 389 g/mol. The normalized spacial score (nSPS) is 14.1. The Balaban J connectivity index is 1.34. The summed E-state index contributed by atoms with van der Waals surface area (Å²) in [4.78, 5) is 16.8. The third-order valence-electron chi connectivity index (χ3n) is 5.53. The van der Waals surface area contributed by atoms with E-state index in [0.29, 0.717) is 6.54 Å². The number of amides is 1. The van der Waals surface area contributed by atoms with E-state index in [-0.39, 0.29) is 5.91 Å². The third-order valence-corrected chi connectivity index (χ3v) is 5.53. The first-order valence-corrected chi connectivity index (χ1v) is 10.3. The first-order chi connectivity index (χ1) is 14.1. The Bertz CT molecular complexity index is 992.